The molecule has 310 valence electrons. The molecule has 0 saturated heterocycles. The molecule has 0 unspecified atom stereocenters. The zero-order chi connectivity index (χ0) is 43.6. The first-order chi connectivity index (χ1) is 30.3. The molecule has 0 atom stereocenters. The van der Waals surface area contributed by atoms with Gasteiger partial charge >= 0.3 is 385 Å². The maximum absolute atomic E-state index is 7.14. The number of rotatable bonds is 7. The number of hydrogen-bond donors (Lipinski definition) is 0. The molecule has 10 rings (SSSR count). The van der Waals surface area contributed by atoms with Gasteiger partial charge in [0.15, 0.2) is 0 Å². The van der Waals surface area contributed by atoms with E-state index in [0.717, 1.165) is 55.9 Å². The monoisotopic (exact) mass is 950 g/mol. The van der Waals surface area contributed by atoms with E-state index < -0.39 is 0 Å². The van der Waals surface area contributed by atoms with Gasteiger partial charge in [-0.3, -0.25) is 0 Å². The molecule has 0 N–H and O–H groups in total. The third-order valence-corrected chi connectivity index (χ3v) is 17.6. The van der Waals surface area contributed by atoms with E-state index >= 15 is 0 Å². The van der Waals surface area contributed by atoms with Crippen LogP contribution in [0.25, 0.3) is 83.7 Å². The second kappa shape index (κ2) is 16.1. The van der Waals surface area contributed by atoms with E-state index in [4.69, 9.17) is 14.7 Å². The van der Waals surface area contributed by atoms with E-state index in [0.29, 0.717) is 0 Å². The van der Waals surface area contributed by atoms with Gasteiger partial charge in [-0.05, 0) is 0 Å². The molecule has 0 aliphatic heterocycles. The molecular weight excluding hydrogens is 899 g/mol. The zero-order valence-corrected chi connectivity index (χ0v) is 40.6. The number of hydrogen-bond acceptors (Lipinski definition) is 3. The molecule has 10 aromatic rings. The Balaban J connectivity index is 1.08. The van der Waals surface area contributed by atoms with Gasteiger partial charge in [0.2, 0.25) is 0 Å². The summed E-state index contributed by atoms with van der Waals surface area (Å²) in [7, 11) is 0. The molecule has 0 aliphatic carbocycles. The molecule has 0 aliphatic rings. The summed E-state index contributed by atoms with van der Waals surface area (Å²) in [5.74, 6) is 1.58. The first kappa shape index (κ1) is 41.2. The number of pyridine rings is 2. The van der Waals surface area contributed by atoms with Gasteiger partial charge in [-0.1, -0.05) is 0 Å². The van der Waals surface area contributed by atoms with E-state index in [1.807, 2.05) is 12.4 Å². The Kier molecular flexibility index (Phi) is 10.5. The summed E-state index contributed by atoms with van der Waals surface area (Å²) < 4.78 is 12.6. The molecule has 0 spiro atoms. The zero-order valence-electron chi connectivity index (χ0n) is 37.1. The van der Waals surface area contributed by atoms with E-state index in [-0.39, 0.29) is 39.8 Å². The molecule has 63 heavy (non-hydrogen) atoms. The number of ether oxygens (including phenoxy) is 1. The van der Waals surface area contributed by atoms with Crippen molar-refractivity contribution in [3.05, 3.63) is 180 Å². The van der Waals surface area contributed by atoms with Crippen molar-refractivity contribution >= 4 is 59.1 Å². The van der Waals surface area contributed by atoms with Crippen LogP contribution in [-0.4, -0.2) is 39.0 Å². The quantitative estimate of drug-likeness (QED) is 0.149. The van der Waals surface area contributed by atoms with Crippen LogP contribution < -0.4 is 4.74 Å². The molecule has 0 fully saturated rings. The van der Waals surface area contributed by atoms with E-state index in [2.05, 4.69) is 201 Å². The van der Waals surface area contributed by atoms with Crippen molar-refractivity contribution < 1.29 is 4.74 Å². The molecule has 0 saturated carbocycles. The van der Waals surface area contributed by atoms with Crippen LogP contribution in [0, 0.1) is 13.8 Å². The van der Waals surface area contributed by atoms with Crippen LogP contribution in [0.4, 0.5) is 0 Å². The van der Waals surface area contributed by atoms with Crippen molar-refractivity contribution in [3.63, 3.8) is 0 Å². The van der Waals surface area contributed by atoms with Crippen LogP contribution in [-0.2, 0) is 10.8 Å². The number of benzene rings is 6. The second-order valence-electron chi connectivity index (χ2n) is 18.8. The van der Waals surface area contributed by atoms with Crippen LogP contribution in [0.2, 0.25) is 0 Å². The predicted molar refractivity (Wildman–Crippen MR) is 269 cm³/mol. The fourth-order valence-corrected chi connectivity index (χ4v) is 14.1. The molecule has 0 amide bonds. The topological polar surface area (TPSA) is 35.0 Å². The minimum absolute atomic E-state index is 0.0778. The minimum atomic E-state index is 0.0778. The SMILES string of the molecule is Cc1cc(-c2cc3ccnc(-c4cc(Oc5cc(-c6ccccc6)cc(-c6nccc7c(C)c(-c8ccc(C(C)(C)C)cc8)[se]c67)c5)c5ccccc5c4)c3[se]2)ccc1C(C)(C)C. The Morgan fingerprint density at radius 1 is 0.476 bits per heavy atom. The van der Waals surface area contributed by atoms with Gasteiger partial charge in [0, 0.05) is 0 Å². The van der Waals surface area contributed by atoms with Gasteiger partial charge in [-0.15, -0.1) is 0 Å². The van der Waals surface area contributed by atoms with E-state index in [9.17, 15) is 0 Å². The molecule has 0 radical (unpaired) electrons. The Hall–Kier alpha value is -5.80. The predicted octanol–water partition coefficient (Wildman–Crippen LogP) is 15.4. The van der Waals surface area contributed by atoms with E-state index in [1.165, 1.54) is 61.5 Å². The molecule has 4 heterocycles. The van der Waals surface area contributed by atoms with Crippen molar-refractivity contribution in [1.29, 1.82) is 0 Å². The second-order valence-corrected chi connectivity index (χ2v) is 23.1. The first-order valence-corrected chi connectivity index (χ1v) is 25.1. The van der Waals surface area contributed by atoms with Crippen LogP contribution in [0.1, 0.15) is 63.8 Å². The van der Waals surface area contributed by atoms with Gasteiger partial charge in [0.25, 0.3) is 0 Å². The Bertz CT molecular complexity index is 3340. The number of aryl methyl sites for hydroxylation is 2. The summed E-state index contributed by atoms with van der Waals surface area (Å²) in [6.07, 6.45) is 3.93. The molecule has 0 bridgehead atoms. The van der Waals surface area contributed by atoms with Gasteiger partial charge < -0.3 is 0 Å². The fourth-order valence-electron chi connectivity index (χ4n) is 8.94. The number of fused-ring (bicyclic) bond motifs is 3. The summed E-state index contributed by atoms with van der Waals surface area (Å²) >= 11 is 0.169. The molecule has 5 heteroatoms. The molecule has 3 nitrogen and oxygen atoms in total. The van der Waals surface area contributed by atoms with Crippen molar-refractivity contribution in [2.75, 3.05) is 0 Å². The van der Waals surface area contributed by atoms with Crippen LogP contribution in [0.3, 0.4) is 0 Å². The Morgan fingerprint density at radius 3 is 1.90 bits per heavy atom. The number of nitrogens with zero attached hydrogens (tertiary/aromatic N) is 2. The maximum atomic E-state index is 7.14. The Morgan fingerprint density at radius 2 is 1.16 bits per heavy atom. The van der Waals surface area contributed by atoms with Gasteiger partial charge in [0.1, 0.15) is 0 Å². The average Bonchev–Trinajstić information content (AvgIpc) is 3.87. The normalized spacial score (nSPS) is 12.1. The number of aromatic nitrogens is 2. The third-order valence-electron chi connectivity index (χ3n) is 12.2. The summed E-state index contributed by atoms with van der Waals surface area (Å²) in [6, 6.07) is 53.2. The first-order valence-electron chi connectivity index (χ1n) is 21.7. The third kappa shape index (κ3) is 7.94. The van der Waals surface area contributed by atoms with E-state index in [1.54, 1.807) is 0 Å². The molecule has 6 aromatic carbocycles. The van der Waals surface area contributed by atoms with Crippen LogP contribution in [0.5, 0.6) is 11.5 Å². The van der Waals surface area contributed by atoms with Gasteiger partial charge in [0.05, 0.1) is 0 Å². The molecular formula is C58H50N2OSe2. The fraction of sp³-hybridized carbons (Fsp3) is 0.172. The summed E-state index contributed by atoms with van der Waals surface area (Å²) in [6.45, 7) is 18.2. The summed E-state index contributed by atoms with van der Waals surface area (Å²) in [5, 5.41) is 4.72. The standard InChI is InChI=1S/C58H50N2OSe2/c1-35-28-40(20-23-49(35)58(6,7)8)51-34-41-24-26-59-52(55(41)62-51)44-29-39-16-12-13-17-48(39)50(33-44)61-46-31-42(37-14-10-9-11-15-37)30-43(32-46)53-56-47(25-27-60-53)36(2)54(63-56)38-18-21-45(22-19-38)57(3,4)5/h9-34H,1-8H3. The van der Waals surface area contributed by atoms with Crippen molar-refractivity contribution in [2.24, 2.45) is 0 Å². The summed E-state index contributed by atoms with van der Waals surface area (Å²) in [4.78, 5) is 10.2. The Labute approximate surface area is 383 Å². The van der Waals surface area contributed by atoms with Crippen molar-refractivity contribution in [3.8, 4) is 65.1 Å². The van der Waals surface area contributed by atoms with Crippen LogP contribution in [0.15, 0.2) is 158 Å². The average molecular weight is 949 g/mol. The van der Waals surface area contributed by atoms with Gasteiger partial charge in [-0.25, -0.2) is 0 Å². The molecule has 4 aromatic heterocycles. The summed E-state index contributed by atoms with van der Waals surface area (Å²) in [5.41, 5.74) is 14.6. The van der Waals surface area contributed by atoms with Crippen molar-refractivity contribution in [2.45, 2.75) is 66.2 Å². The van der Waals surface area contributed by atoms with Crippen LogP contribution >= 0.6 is 0 Å². The van der Waals surface area contributed by atoms with Crippen molar-refractivity contribution in [1.82, 2.24) is 9.97 Å². The van der Waals surface area contributed by atoms with Gasteiger partial charge in [-0.2, -0.15) is 0 Å².